The maximum atomic E-state index is 13.0. The van der Waals surface area contributed by atoms with E-state index in [0.717, 1.165) is 43.0 Å². The van der Waals surface area contributed by atoms with Crippen molar-refractivity contribution in [2.75, 3.05) is 6.54 Å². The predicted molar refractivity (Wildman–Crippen MR) is 83.7 cm³/mol. The SMILES string of the molecule is Cc1cc([C@@H]2CCCCN2C(=O)c2cccn2C(C)C)no1. The van der Waals surface area contributed by atoms with Crippen molar-refractivity contribution in [2.24, 2.45) is 0 Å². The van der Waals surface area contributed by atoms with Gasteiger partial charge in [-0.3, -0.25) is 4.79 Å². The van der Waals surface area contributed by atoms with Gasteiger partial charge in [0.05, 0.1) is 6.04 Å². The van der Waals surface area contributed by atoms with Crippen molar-refractivity contribution in [3.05, 3.63) is 41.5 Å². The smallest absolute Gasteiger partial charge is 0.271 e. The van der Waals surface area contributed by atoms with Crippen molar-refractivity contribution in [3.8, 4) is 0 Å². The van der Waals surface area contributed by atoms with Crippen molar-refractivity contribution in [2.45, 2.75) is 52.1 Å². The minimum absolute atomic E-state index is 0.0224. The van der Waals surface area contributed by atoms with Crippen LogP contribution in [-0.4, -0.2) is 27.1 Å². The maximum absolute atomic E-state index is 13.0. The molecule has 22 heavy (non-hydrogen) atoms. The topological polar surface area (TPSA) is 51.3 Å². The summed E-state index contributed by atoms with van der Waals surface area (Å²) in [5.41, 5.74) is 1.62. The minimum Gasteiger partial charge on any atom is -0.361 e. The summed E-state index contributed by atoms with van der Waals surface area (Å²) in [7, 11) is 0. The molecule has 2 aromatic rings. The zero-order valence-corrected chi connectivity index (χ0v) is 13.5. The first-order chi connectivity index (χ1) is 10.6. The van der Waals surface area contributed by atoms with Crippen LogP contribution >= 0.6 is 0 Å². The Morgan fingerprint density at radius 3 is 2.91 bits per heavy atom. The molecule has 0 aliphatic carbocycles. The van der Waals surface area contributed by atoms with Crippen molar-refractivity contribution >= 4 is 5.91 Å². The van der Waals surface area contributed by atoms with E-state index in [9.17, 15) is 4.79 Å². The first-order valence-corrected chi connectivity index (χ1v) is 7.99. The van der Waals surface area contributed by atoms with Crippen LogP contribution in [0.25, 0.3) is 0 Å². The summed E-state index contributed by atoms with van der Waals surface area (Å²) < 4.78 is 7.24. The summed E-state index contributed by atoms with van der Waals surface area (Å²) in [5.74, 6) is 0.877. The number of amides is 1. The summed E-state index contributed by atoms with van der Waals surface area (Å²) in [6.07, 6.45) is 5.07. The predicted octanol–water partition coefficient (Wildman–Crippen LogP) is 3.73. The Hall–Kier alpha value is -2.04. The van der Waals surface area contributed by atoms with E-state index in [0.29, 0.717) is 0 Å². The quantitative estimate of drug-likeness (QED) is 0.868. The van der Waals surface area contributed by atoms with E-state index in [4.69, 9.17) is 4.52 Å². The van der Waals surface area contributed by atoms with Crippen LogP contribution in [0.15, 0.2) is 28.9 Å². The van der Waals surface area contributed by atoms with E-state index in [1.54, 1.807) is 0 Å². The van der Waals surface area contributed by atoms with Gasteiger partial charge < -0.3 is 14.0 Å². The van der Waals surface area contributed by atoms with E-state index < -0.39 is 0 Å². The molecule has 3 rings (SSSR count). The highest BCUT2D eigenvalue weighted by Gasteiger charge is 2.32. The van der Waals surface area contributed by atoms with E-state index in [-0.39, 0.29) is 18.0 Å². The normalized spacial score (nSPS) is 18.9. The fourth-order valence-corrected chi connectivity index (χ4v) is 3.20. The first kappa shape index (κ1) is 14.9. The zero-order chi connectivity index (χ0) is 15.7. The van der Waals surface area contributed by atoms with Crippen LogP contribution in [0.1, 0.15) is 67.1 Å². The third-order valence-corrected chi connectivity index (χ3v) is 4.31. The fourth-order valence-electron chi connectivity index (χ4n) is 3.20. The van der Waals surface area contributed by atoms with Gasteiger partial charge in [0.25, 0.3) is 5.91 Å². The number of carbonyl (C=O) groups excluding carboxylic acids is 1. The lowest BCUT2D eigenvalue weighted by Crippen LogP contribution is -2.39. The second-order valence-corrected chi connectivity index (χ2v) is 6.27. The van der Waals surface area contributed by atoms with Crippen molar-refractivity contribution in [3.63, 3.8) is 0 Å². The Kier molecular flexibility index (Phi) is 4.05. The third-order valence-electron chi connectivity index (χ3n) is 4.31. The highest BCUT2D eigenvalue weighted by molar-refractivity contribution is 5.93. The van der Waals surface area contributed by atoms with Gasteiger partial charge in [0.1, 0.15) is 17.1 Å². The van der Waals surface area contributed by atoms with Crippen LogP contribution in [0.4, 0.5) is 0 Å². The number of aryl methyl sites for hydroxylation is 1. The second-order valence-electron chi connectivity index (χ2n) is 6.27. The molecule has 0 radical (unpaired) electrons. The number of rotatable bonds is 3. The lowest BCUT2D eigenvalue weighted by atomic mass is 9.98. The molecule has 1 fully saturated rings. The van der Waals surface area contributed by atoms with Crippen LogP contribution in [-0.2, 0) is 0 Å². The number of carbonyl (C=O) groups is 1. The maximum Gasteiger partial charge on any atom is 0.271 e. The molecular weight excluding hydrogens is 278 g/mol. The molecule has 1 amide bonds. The van der Waals surface area contributed by atoms with Gasteiger partial charge >= 0.3 is 0 Å². The van der Waals surface area contributed by atoms with Crippen molar-refractivity contribution in [1.82, 2.24) is 14.6 Å². The fraction of sp³-hybridized carbons (Fsp3) is 0.529. The van der Waals surface area contributed by atoms with Gasteiger partial charge in [0, 0.05) is 24.8 Å². The molecular formula is C17H23N3O2. The molecule has 1 aliphatic heterocycles. The average molecular weight is 301 g/mol. The number of likely N-dealkylation sites (tertiary alicyclic amines) is 1. The van der Waals surface area contributed by atoms with Gasteiger partial charge in [0.2, 0.25) is 0 Å². The van der Waals surface area contributed by atoms with Crippen LogP contribution in [0.5, 0.6) is 0 Å². The summed E-state index contributed by atoms with van der Waals surface area (Å²) in [6.45, 7) is 6.84. The Bertz CT molecular complexity index is 656. The molecule has 5 nitrogen and oxygen atoms in total. The van der Waals surface area contributed by atoms with Gasteiger partial charge in [0.15, 0.2) is 0 Å². The average Bonchev–Trinajstić information content (AvgIpc) is 3.15. The van der Waals surface area contributed by atoms with E-state index >= 15 is 0 Å². The molecule has 3 heterocycles. The first-order valence-electron chi connectivity index (χ1n) is 7.99. The summed E-state index contributed by atoms with van der Waals surface area (Å²) in [5, 5.41) is 4.14. The molecule has 1 saturated heterocycles. The number of hydrogen-bond donors (Lipinski definition) is 0. The molecule has 1 atom stereocenters. The lowest BCUT2D eigenvalue weighted by Gasteiger charge is -2.34. The van der Waals surface area contributed by atoms with Crippen LogP contribution < -0.4 is 0 Å². The second kappa shape index (κ2) is 5.99. The van der Waals surface area contributed by atoms with Gasteiger partial charge in [-0.15, -0.1) is 0 Å². The molecule has 0 N–H and O–H groups in total. The number of nitrogens with zero attached hydrogens (tertiary/aromatic N) is 3. The number of piperidine rings is 1. The highest BCUT2D eigenvalue weighted by Crippen LogP contribution is 2.32. The van der Waals surface area contributed by atoms with Crippen LogP contribution in [0.2, 0.25) is 0 Å². The molecule has 1 aliphatic rings. The van der Waals surface area contributed by atoms with E-state index in [1.807, 2.05) is 40.8 Å². The Morgan fingerprint density at radius 1 is 1.41 bits per heavy atom. The van der Waals surface area contributed by atoms with E-state index in [2.05, 4.69) is 19.0 Å². The van der Waals surface area contributed by atoms with Crippen LogP contribution in [0, 0.1) is 6.92 Å². The zero-order valence-electron chi connectivity index (χ0n) is 13.5. The molecule has 0 bridgehead atoms. The van der Waals surface area contributed by atoms with Crippen molar-refractivity contribution in [1.29, 1.82) is 0 Å². The standard InChI is InChI=1S/C17H23N3O2/c1-12(2)19-10-6-8-16(19)17(21)20-9-5-4-7-15(20)14-11-13(3)22-18-14/h6,8,10-12,15H,4-5,7,9H2,1-3H3/t15-/m0/s1. The van der Waals surface area contributed by atoms with Gasteiger partial charge in [-0.2, -0.15) is 0 Å². The molecule has 5 heteroatoms. The summed E-state index contributed by atoms with van der Waals surface area (Å²) in [4.78, 5) is 15.0. The Balaban J connectivity index is 1.90. The minimum atomic E-state index is 0.0224. The molecule has 0 spiro atoms. The third kappa shape index (κ3) is 2.67. The molecule has 118 valence electrons. The van der Waals surface area contributed by atoms with Crippen molar-refractivity contribution < 1.29 is 9.32 Å². The highest BCUT2D eigenvalue weighted by atomic mass is 16.5. The molecule has 0 saturated carbocycles. The summed E-state index contributed by atoms with van der Waals surface area (Å²) in [6, 6.07) is 6.08. The Morgan fingerprint density at radius 2 is 2.23 bits per heavy atom. The van der Waals surface area contributed by atoms with Gasteiger partial charge in [-0.1, -0.05) is 5.16 Å². The van der Waals surface area contributed by atoms with E-state index in [1.165, 1.54) is 0 Å². The number of aromatic nitrogens is 2. The number of hydrogen-bond acceptors (Lipinski definition) is 3. The molecule has 0 unspecified atom stereocenters. The lowest BCUT2D eigenvalue weighted by molar-refractivity contribution is 0.0589. The summed E-state index contributed by atoms with van der Waals surface area (Å²) >= 11 is 0. The van der Waals surface area contributed by atoms with Crippen LogP contribution in [0.3, 0.4) is 0 Å². The van der Waals surface area contributed by atoms with Gasteiger partial charge in [-0.25, -0.2) is 0 Å². The molecule has 0 aromatic carbocycles. The Labute approximate surface area is 130 Å². The van der Waals surface area contributed by atoms with Gasteiger partial charge in [-0.05, 0) is 52.2 Å². The molecule has 2 aromatic heterocycles. The monoisotopic (exact) mass is 301 g/mol. The largest absolute Gasteiger partial charge is 0.361 e.